The second-order valence-electron chi connectivity index (χ2n) is 5.99. The summed E-state index contributed by atoms with van der Waals surface area (Å²) in [6.45, 7) is 3.03. The summed E-state index contributed by atoms with van der Waals surface area (Å²) in [5.41, 5.74) is 0.454. The molecule has 1 aliphatic rings. The van der Waals surface area contributed by atoms with Gasteiger partial charge in [-0.3, -0.25) is 9.69 Å². The van der Waals surface area contributed by atoms with Crippen molar-refractivity contribution in [2.75, 3.05) is 13.1 Å². The third kappa shape index (κ3) is 3.29. The lowest BCUT2D eigenvalue weighted by Gasteiger charge is -2.35. The number of aromatic amines is 1. The van der Waals surface area contributed by atoms with Crippen LogP contribution in [0.4, 0.5) is 0 Å². The van der Waals surface area contributed by atoms with Crippen molar-refractivity contribution < 1.29 is 8.42 Å². The Kier molecular flexibility index (Phi) is 4.22. The molecule has 0 amide bonds. The van der Waals surface area contributed by atoms with Crippen LogP contribution in [-0.2, 0) is 10.0 Å². The molecule has 3 rings (SSSR count). The van der Waals surface area contributed by atoms with Crippen LogP contribution in [0.1, 0.15) is 31.6 Å². The van der Waals surface area contributed by atoms with Gasteiger partial charge in [0.15, 0.2) is 0 Å². The lowest BCUT2D eigenvalue weighted by Crippen LogP contribution is -2.45. The average Bonchev–Trinajstić information content (AvgIpc) is 2.53. The highest BCUT2D eigenvalue weighted by molar-refractivity contribution is 7.89. The zero-order chi connectivity index (χ0) is 16.6. The molecule has 1 fully saturated rings. The molecular weight excluding hydrogens is 316 g/mol. The molecular formula is C15H20N4O3S. The topological polar surface area (TPSA) is 109 Å². The summed E-state index contributed by atoms with van der Waals surface area (Å²) in [6, 6.07) is 6.97. The number of primary sulfonamides is 1. The van der Waals surface area contributed by atoms with Crippen LogP contribution in [0.3, 0.4) is 0 Å². The first kappa shape index (κ1) is 16.1. The first-order valence-electron chi connectivity index (χ1n) is 7.61. The molecule has 0 radical (unpaired) electrons. The van der Waals surface area contributed by atoms with Gasteiger partial charge in [0.05, 0.1) is 22.2 Å². The Balaban J connectivity index is 1.91. The van der Waals surface area contributed by atoms with Gasteiger partial charge in [-0.15, -0.1) is 0 Å². The summed E-state index contributed by atoms with van der Waals surface area (Å²) in [6.07, 6.45) is 1.33. The number of piperidine rings is 1. The van der Waals surface area contributed by atoms with Gasteiger partial charge in [0, 0.05) is 6.54 Å². The Morgan fingerprint density at radius 3 is 2.87 bits per heavy atom. The van der Waals surface area contributed by atoms with E-state index in [9.17, 15) is 13.2 Å². The average molecular weight is 336 g/mol. The smallest absolute Gasteiger partial charge is 0.258 e. The normalized spacial score (nSPS) is 21.4. The number of nitrogens with two attached hydrogens (primary N) is 1. The van der Waals surface area contributed by atoms with Crippen molar-refractivity contribution in [1.82, 2.24) is 14.9 Å². The highest BCUT2D eigenvalue weighted by Gasteiger charge is 2.31. The van der Waals surface area contributed by atoms with E-state index >= 15 is 0 Å². The summed E-state index contributed by atoms with van der Waals surface area (Å²) in [7, 11) is -3.55. The molecule has 0 bridgehead atoms. The predicted octanol–water partition coefficient (Wildman–Crippen LogP) is 0.737. The number of nitrogens with one attached hydrogen (secondary N) is 1. The van der Waals surface area contributed by atoms with Gasteiger partial charge >= 0.3 is 0 Å². The highest BCUT2D eigenvalue weighted by atomic mass is 32.2. The van der Waals surface area contributed by atoms with Crippen LogP contribution < -0.4 is 10.7 Å². The minimum absolute atomic E-state index is 0.183. The molecule has 1 saturated heterocycles. The largest absolute Gasteiger partial charge is 0.309 e. The molecule has 8 heteroatoms. The standard InChI is InChI=1S/C15H20N4O3S/c1-10(19-8-4-5-11(9-19)23(16,21)22)14-17-13-7-3-2-6-12(13)15(20)18-14/h2-3,6-7,10-11H,4-5,8-9H2,1H3,(H2,16,21,22)(H,17,18,20). The Morgan fingerprint density at radius 1 is 1.39 bits per heavy atom. The van der Waals surface area contributed by atoms with Gasteiger partial charge in [0.25, 0.3) is 5.56 Å². The van der Waals surface area contributed by atoms with Crippen LogP contribution in [0.5, 0.6) is 0 Å². The maximum atomic E-state index is 12.2. The number of fused-ring (bicyclic) bond motifs is 1. The van der Waals surface area contributed by atoms with E-state index in [1.165, 1.54) is 0 Å². The fraction of sp³-hybridized carbons (Fsp3) is 0.467. The molecule has 2 unspecified atom stereocenters. The summed E-state index contributed by atoms with van der Waals surface area (Å²) >= 11 is 0. The molecule has 23 heavy (non-hydrogen) atoms. The number of benzene rings is 1. The molecule has 0 saturated carbocycles. The fourth-order valence-corrected chi connectivity index (χ4v) is 3.96. The molecule has 3 N–H and O–H groups in total. The number of hydrogen-bond donors (Lipinski definition) is 2. The lowest BCUT2D eigenvalue weighted by molar-refractivity contribution is 0.170. The molecule has 2 aromatic rings. The van der Waals surface area contributed by atoms with Gasteiger partial charge in [-0.1, -0.05) is 12.1 Å². The summed E-state index contributed by atoms with van der Waals surface area (Å²) in [5, 5.41) is 5.26. The number of nitrogens with zero attached hydrogens (tertiary/aromatic N) is 2. The minimum atomic E-state index is -3.55. The SMILES string of the molecule is CC(c1nc2ccccc2c(=O)[nH]1)N1CCCC(S(N)(=O)=O)C1. The molecule has 0 aliphatic carbocycles. The van der Waals surface area contributed by atoms with Gasteiger partial charge in [-0.25, -0.2) is 18.5 Å². The number of aromatic nitrogens is 2. The van der Waals surface area contributed by atoms with Crippen LogP contribution in [0.15, 0.2) is 29.1 Å². The van der Waals surface area contributed by atoms with Crippen molar-refractivity contribution in [2.45, 2.75) is 31.1 Å². The summed E-state index contributed by atoms with van der Waals surface area (Å²) in [4.78, 5) is 21.5. The first-order valence-corrected chi connectivity index (χ1v) is 9.22. The quantitative estimate of drug-likeness (QED) is 0.859. The molecule has 2 heterocycles. The van der Waals surface area contributed by atoms with Crippen molar-refractivity contribution in [3.63, 3.8) is 0 Å². The van der Waals surface area contributed by atoms with Gasteiger partial charge < -0.3 is 4.98 Å². The Labute approximate surface area is 134 Å². The van der Waals surface area contributed by atoms with Crippen molar-refractivity contribution in [1.29, 1.82) is 0 Å². The van der Waals surface area contributed by atoms with E-state index < -0.39 is 15.3 Å². The van der Waals surface area contributed by atoms with Gasteiger partial charge in [-0.2, -0.15) is 0 Å². The van der Waals surface area contributed by atoms with Crippen LogP contribution in [0.25, 0.3) is 10.9 Å². The van der Waals surface area contributed by atoms with E-state index in [1.807, 2.05) is 17.9 Å². The molecule has 1 aliphatic heterocycles. The van der Waals surface area contributed by atoms with Crippen molar-refractivity contribution in [3.8, 4) is 0 Å². The first-order chi connectivity index (χ1) is 10.9. The van der Waals surface area contributed by atoms with Crippen molar-refractivity contribution >= 4 is 20.9 Å². The van der Waals surface area contributed by atoms with Crippen LogP contribution in [0, 0.1) is 0 Å². The fourth-order valence-electron chi connectivity index (χ4n) is 3.06. The molecule has 124 valence electrons. The predicted molar refractivity (Wildman–Crippen MR) is 88.5 cm³/mol. The molecule has 0 spiro atoms. The number of para-hydroxylation sites is 1. The lowest BCUT2D eigenvalue weighted by atomic mass is 10.1. The highest BCUT2D eigenvalue weighted by Crippen LogP contribution is 2.24. The zero-order valence-electron chi connectivity index (χ0n) is 12.9. The van der Waals surface area contributed by atoms with Gasteiger partial charge in [0.2, 0.25) is 10.0 Å². The van der Waals surface area contributed by atoms with Gasteiger partial charge in [0.1, 0.15) is 5.82 Å². The zero-order valence-corrected chi connectivity index (χ0v) is 13.7. The van der Waals surface area contributed by atoms with E-state index in [0.29, 0.717) is 29.7 Å². The maximum Gasteiger partial charge on any atom is 0.258 e. The molecule has 1 aromatic heterocycles. The number of likely N-dealkylation sites (tertiary alicyclic amines) is 1. The second kappa shape index (κ2) is 6.03. The van der Waals surface area contributed by atoms with Crippen LogP contribution >= 0.6 is 0 Å². The van der Waals surface area contributed by atoms with E-state index in [0.717, 1.165) is 13.0 Å². The van der Waals surface area contributed by atoms with Crippen molar-refractivity contribution in [3.05, 3.63) is 40.4 Å². The summed E-state index contributed by atoms with van der Waals surface area (Å²) < 4.78 is 23.2. The van der Waals surface area contributed by atoms with Gasteiger partial charge in [-0.05, 0) is 38.4 Å². The summed E-state index contributed by atoms with van der Waals surface area (Å²) in [5.74, 6) is 0.545. The van der Waals surface area contributed by atoms with E-state index in [-0.39, 0.29) is 11.6 Å². The molecule has 7 nitrogen and oxygen atoms in total. The van der Waals surface area contributed by atoms with Crippen LogP contribution in [-0.4, -0.2) is 41.6 Å². The minimum Gasteiger partial charge on any atom is -0.309 e. The van der Waals surface area contributed by atoms with E-state index in [4.69, 9.17) is 5.14 Å². The van der Waals surface area contributed by atoms with E-state index in [1.54, 1.807) is 18.2 Å². The second-order valence-corrected chi connectivity index (χ2v) is 7.84. The monoisotopic (exact) mass is 336 g/mol. The van der Waals surface area contributed by atoms with Crippen LogP contribution in [0.2, 0.25) is 0 Å². The van der Waals surface area contributed by atoms with E-state index in [2.05, 4.69) is 9.97 Å². The Morgan fingerprint density at radius 2 is 2.13 bits per heavy atom. The third-order valence-corrected chi connectivity index (χ3v) is 5.76. The molecule has 2 atom stereocenters. The third-order valence-electron chi connectivity index (χ3n) is 4.45. The number of H-pyrrole nitrogens is 1. The number of hydrogen-bond acceptors (Lipinski definition) is 5. The Hall–Kier alpha value is -1.77. The Bertz CT molecular complexity index is 878. The molecule has 1 aromatic carbocycles. The number of rotatable bonds is 3. The van der Waals surface area contributed by atoms with Crippen molar-refractivity contribution in [2.24, 2.45) is 5.14 Å². The number of sulfonamides is 1. The maximum absolute atomic E-state index is 12.2.